The van der Waals surface area contributed by atoms with E-state index in [1.807, 2.05) is 36.5 Å². The van der Waals surface area contributed by atoms with Gasteiger partial charge in [0.1, 0.15) is 5.75 Å². The van der Waals surface area contributed by atoms with E-state index in [0.29, 0.717) is 11.8 Å². The molecule has 1 atom stereocenters. The number of benzene rings is 1. The number of rotatable bonds is 8. The number of aromatic nitrogens is 1. The van der Waals surface area contributed by atoms with Gasteiger partial charge in [-0.2, -0.15) is 0 Å². The van der Waals surface area contributed by atoms with Gasteiger partial charge >= 0.3 is 0 Å². The second-order valence-electron chi connectivity index (χ2n) is 6.20. The van der Waals surface area contributed by atoms with Crippen LogP contribution in [0.4, 0.5) is 0 Å². The second kappa shape index (κ2) is 8.45. The average Bonchev–Trinajstić information content (AvgIpc) is 2.53. The van der Waals surface area contributed by atoms with Crippen molar-refractivity contribution in [3.8, 4) is 5.75 Å². The Bertz CT molecular complexity index is 688. The van der Waals surface area contributed by atoms with Gasteiger partial charge in [-0.25, -0.2) is 0 Å². The molecule has 0 saturated heterocycles. The van der Waals surface area contributed by atoms with Crippen molar-refractivity contribution in [2.45, 2.75) is 32.9 Å². The van der Waals surface area contributed by atoms with Crippen molar-refractivity contribution >= 4 is 5.91 Å². The summed E-state index contributed by atoms with van der Waals surface area (Å²) in [5, 5.41) is 0. The number of nitrogens with two attached hydrogens (primary N) is 1. The summed E-state index contributed by atoms with van der Waals surface area (Å²) in [6, 6.07) is 12.2. The molecule has 0 fully saturated rings. The predicted molar refractivity (Wildman–Crippen MR) is 94.7 cm³/mol. The van der Waals surface area contributed by atoms with Crippen LogP contribution in [0, 0.1) is 6.92 Å². The first-order valence-corrected chi connectivity index (χ1v) is 8.06. The first-order chi connectivity index (χ1) is 11.4. The average molecular weight is 327 g/mol. The van der Waals surface area contributed by atoms with Gasteiger partial charge in [-0.3, -0.25) is 14.7 Å². The van der Waals surface area contributed by atoms with E-state index in [1.165, 1.54) is 5.56 Å². The van der Waals surface area contributed by atoms with Crippen LogP contribution in [-0.4, -0.2) is 35.5 Å². The molecule has 0 saturated carbocycles. The van der Waals surface area contributed by atoms with Crippen molar-refractivity contribution in [3.05, 3.63) is 59.4 Å². The lowest BCUT2D eigenvalue weighted by molar-refractivity contribution is -0.119. The van der Waals surface area contributed by atoms with Gasteiger partial charge in [0.2, 0.25) is 0 Å². The highest BCUT2D eigenvalue weighted by molar-refractivity contribution is 5.75. The van der Waals surface area contributed by atoms with Crippen LogP contribution >= 0.6 is 0 Å². The van der Waals surface area contributed by atoms with Crippen LogP contribution in [0.15, 0.2) is 42.6 Å². The Morgan fingerprint density at radius 2 is 2.12 bits per heavy atom. The van der Waals surface area contributed by atoms with E-state index in [1.54, 1.807) is 0 Å². The molecular formula is C19H25N3O2. The van der Waals surface area contributed by atoms with E-state index in [-0.39, 0.29) is 6.61 Å². The molecule has 0 spiro atoms. The van der Waals surface area contributed by atoms with Crippen molar-refractivity contribution in [1.29, 1.82) is 0 Å². The molecule has 0 aliphatic carbocycles. The van der Waals surface area contributed by atoms with Crippen molar-refractivity contribution in [3.63, 3.8) is 0 Å². The molecular weight excluding hydrogens is 302 g/mol. The highest BCUT2D eigenvalue weighted by atomic mass is 16.5. The van der Waals surface area contributed by atoms with Crippen LogP contribution in [0.2, 0.25) is 0 Å². The number of aryl methyl sites for hydroxylation is 1. The van der Waals surface area contributed by atoms with Crippen molar-refractivity contribution in [1.82, 2.24) is 9.88 Å². The molecule has 24 heavy (non-hydrogen) atoms. The van der Waals surface area contributed by atoms with E-state index in [0.717, 1.165) is 24.2 Å². The monoisotopic (exact) mass is 327 g/mol. The molecule has 128 valence electrons. The molecule has 0 aliphatic rings. The van der Waals surface area contributed by atoms with Gasteiger partial charge in [-0.1, -0.05) is 12.1 Å². The standard InChI is InChI=1S/C19H25N3O2/c1-14-7-8-21-17(9-14)10-15(2)22(3)12-16-5-4-6-18(11-16)24-13-19(20)23/h4-9,11,15H,10,12-13H2,1-3H3,(H2,20,23)/t15-/m0/s1. The third kappa shape index (κ3) is 5.66. The lowest BCUT2D eigenvalue weighted by Crippen LogP contribution is -2.30. The quantitative estimate of drug-likeness (QED) is 0.808. The Hall–Kier alpha value is -2.40. The topological polar surface area (TPSA) is 68.5 Å². The molecule has 0 radical (unpaired) electrons. The van der Waals surface area contributed by atoms with Crippen molar-refractivity contribution < 1.29 is 9.53 Å². The van der Waals surface area contributed by atoms with Crippen LogP contribution in [-0.2, 0) is 17.8 Å². The SMILES string of the molecule is Cc1ccnc(C[C@H](C)N(C)Cc2cccc(OCC(N)=O)c2)c1. The Morgan fingerprint density at radius 1 is 1.33 bits per heavy atom. The Morgan fingerprint density at radius 3 is 2.83 bits per heavy atom. The normalized spacial score (nSPS) is 12.2. The molecule has 2 N–H and O–H groups in total. The molecule has 0 aliphatic heterocycles. The third-order valence-electron chi connectivity index (χ3n) is 3.94. The lowest BCUT2D eigenvalue weighted by Gasteiger charge is -2.24. The zero-order valence-electron chi connectivity index (χ0n) is 14.5. The Labute approximate surface area is 143 Å². The Kier molecular flexibility index (Phi) is 6.32. The van der Waals surface area contributed by atoms with Gasteiger partial charge in [-0.15, -0.1) is 0 Å². The molecule has 5 nitrogen and oxygen atoms in total. The maximum absolute atomic E-state index is 10.8. The van der Waals surface area contributed by atoms with E-state index in [4.69, 9.17) is 10.5 Å². The molecule has 0 bridgehead atoms. The van der Waals surface area contributed by atoms with Crippen molar-refractivity contribution in [2.24, 2.45) is 5.73 Å². The molecule has 0 unspecified atom stereocenters. The Balaban J connectivity index is 1.94. The number of carbonyl (C=O) groups is 1. The summed E-state index contributed by atoms with van der Waals surface area (Å²) >= 11 is 0. The van der Waals surface area contributed by atoms with Gasteiger partial charge < -0.3 is 10.5 Å². The van der Waals surface area contributed by atoms with E-state index in [2.05, 4.69) is 36.8 Å². The first kappa shape index (κ1) is 17.9. The predicted octanol–water partition coefficient (Wildman–Crippen LogP) is 2.32. The summed E-state index contributed by atoms with van der Waals surface area (Å²) in [5.41, 5.74) is 8.57. The maximum Gasteiger partial charge on any atom is 0.255 e. The van der Waals surface area contributed by atoms with Crippen LogP contribution in [0.5, 0.6) is 5.75 Å². The summed E-state index contributed by atoms with van der Waals surface area (Å²) in [6.07, 6.45) is 2.76. The largest absolute Gasteiger partial charge is 0.484 e. The summed E-state index contributed by atoms with van der Waals surface area (Å²) < 4.78 is 5.36. The smallest absolute Gasteiger partial charge is 0.255 e. The van der Waals surface area contributed by atoms with Gasteiger partial charge in [0.05, 0.1) is 0 Å². The highest BCUT2D eigenvalue weighted by Crippen LogP contribution is 2.16. The fourth-order valence-corrected chi connectivity index (χ4v) is 2.50. The highest BCUT2D eigenvalue weighted by Gasteiger charge is 2.12. The van der Waals surface area contributed by atoms with E-state index < -0.39 is 5.91 Å². The minimum atomic E-state index is -0.475. The number of pyridine rings is 1. The first-order valence-electron chi connectivity index (χ1n) is 8.06. The van der Waals surface area contributed by atoms with Gasteiger partial charge in [0.15, 0.2) is 6.61 Å². The summed E-state index contributed by atoms with van der Waals surface area (Å²) in [7, 11) is 2.09. The summed E-state index contributed by atoms with van der Waals surface area (Å²) in [5.74, 6) is 0.185. The van der Waals surface area contributed by atoms with Gasteiger partial charge in [-0.05, 0) is 56.3 Å². The number of hydrogen-bond donors (Lipinski definition) is 1. The van der Waals surface area contributed by atoms with Crippen LogP contribution in [0.3, 0.4) is 0 Å². The molecule has 1 heterocycles. The molecule has 1 amide bonds. The third-order valence-corrected chi connectivity index (χ3v) is 3.94. The lowest BCUT2D eigenvalue weighted by atomic mass is 10.1. The number of likely N-dealkylation sites (N-methyl/N-ethyl adjacent to an activating group) is 1. The molecule has 2 rings (SSSR count). The number of ether oxygens (including phenoxy) is 1. The van der Waals surface area contributed by atoms with Crippen molar-refractivity contribution in [2.75, 3.05) is 13.7 Å². The maximum atomic E-state index is 10.8. The number of nitrogens with zero attached hydrogens (tertiary/aromatic N) is 2. The van der Waals surface area contributed by atoms with E-state index in [9.17, 15) is 4.79 Å². The fourth-order valence-electron chi connectivity index (χ4n) is 2.50. The summed E-state index contributed by atoms with van der Waals surface area (Å²) in [4.78, 5) is 17.5. The van der Waals surface area contributed by atoms with Gasteiger partial charge in [0, 0.05) is 30.9 Å². The number of carbonyl (C=O) groups excluding carboxylic acids is 1. The number of hydrogen-bond acceptors (Lipinski definition) is 4. The minimum Gasteiger partial charge on any atom is -0.484 e. The molecule has 5 heteroatoms. The zero-order chi connectivity index (χ0) is 17.5. The summed E-state index contributed by atoms with van der Waals surface area (Å²) in [6.45, 7) is 4.96. The van der Waals surface area contributed by atoms with Crippen LogP contribution < -0.4 is 10.5 Å². The van der Waals surface area contributed by atoms with Gasteiger partial charge in [0.25, 0.3) is 5.91 Å². The fraction of sp³-hybridized carbons (Fsp3) is 0.368. The molecule has 1 aromatic heterocycles. The number of amides is 1. The zero-order valence-corrected chi connectivity index (χ0v) is 14.5. The van der Waals surface area contributed by atoms with E-state index >= 15 is 0 Å². The van der Waals surface area contributed by atoms with Crippen LogP contribution in [0.25, 0.3) is 0 Å². The minimum absolute atomic E-state index is 0.102. The molecule has 2 aromatic rings. The van der Waals surface area contributed by atoms with Crippen LogP contribution in [0.1, 0.15) is 23.7 Å². The second-order valence-corrected chi connectivity index (χ2v) is 6.20. The number of primary amides is 1. The molecule has 1 aromatic carbocycles.